The van der Waals surface area contributed by atoms with E-state index in [4.69, 9.17) is 9.47 Å². The normalized spacial score (nSPS) is 18.2. The quantitative estimate of drug-likeness (QED) is 0.188. The van der Waals surface area contributed by atoms with Crippen LogP contribution in [-0.2, 0) is 6.42 Å². The van der Waals surface area contributed by atoms with E-state index in [-0.39, 0.29) is 16.9 Å². The van der Waals surface area contributed by atoms with Crippen LogP contribution in [0.3, 0.4) is 0 Å². The molecule has 40 heavy (non-hydrogen) atoms. The first-order valence-electron chi connectivity index (χ1n) is 15.7. The van der Waals surface area contributed by atoms with Crippen LogP contribution in [0.15, 0.2) is 24.3 Å². The molecule has 0 spiro atoms. The first-order chi connectivity index (χ1) is 18.9. The van der Waals surface area contributed by atoms with Crippen molar-refractivity contribution in [3.8, 4) is 17.2 Å². The number of ether oxygens (including phenoxy) is 2. The third-order valence-corrected chi connectivity index (χ3v) is 9.16. The lowest BCUT2D eigenvalue weighted by Crippen LogP contribution is -2.37. The molecule has 0 aliphatic carbocycles. The molecule has 2 aromatic rings. The van der Waals surface area contributed by atoms with Gasteiger partial charge >= 0.3 is 5.97 Å². The largest absolute Gasteiger partial charge is 0.507 e. The van der Waals surface area contributed by atoms with Crippen molar-refractivity contribution in [2.45, 2.75) is 132 Å². The van der Waals surface area contributed by atoms with Crippen LogP contribution in [0.25, 0.3) is 0 Å². The molecule has 1 aliphatic heterocycles. The third-order valence-electron chi connectivity index (χ3n) is 9.16. The van der Waals surface area contributed by atoms with E-state index in [0.717, 1.165) is 65.0 Å². The zero-order chi connectivity index (χ0) is 29.4. The molecule has 0 amide bonds. The second kappa shape index (κ2) is 14.4. The highest BCUT2D eigenvalue weighted by Crippen LogP contribution is 2.45. The lowest BCUT2D eigenvalue weighted by atomic mass is 9.83. The minimum absolute atomic E-state index is 0.0717. The molecule has 1 aliphatic rings. The zero-order valence-corrected chi connectivity index (χ0v) is 26.5. The maximum atomic E-state index is 12.8. The Morgan fingerprint density at radius 3 is 2.12 bits per heavy atom. The smallest absolute Gasteiger partial charge is 0.347 e. The Morgan fingerprint density at radius 1 is 0.900 bits per heavy atom. The number of esters is 1. The average molecular weight is 551 g/mol. The van der Waals surface area contributed by atoms with Crippen molar-refractivity contribution in [1.82, 2.24) is 0 Å². The highest BCUT2D eigenvalue weighted by atomic mass is 16.5. The maximum Gasteiger partial charge on any atom is 0.347 e. The molecule has 0 aromatic heterocycles. The van der Waals surface area contributed by atoms with Gasteiger partial charge in [0.2, 0.25) is 0 Å². The van der Waals surface area contributed by atoms with E-state index in [1.807, 2.05) is 13.8 Å². The number of hydrogen-bond acceptors (Lipinski definition) is 4. The van der Waals surface area contributed by atoms with Gasteiger partial charge in [0.1, 0.15) is 28.4 Å². The SMILES string of the molecule is Cc1c(C)c2c(c(C)c1OC(=O)c1ccccc1O)CC[C@@](C)(CCC[C@H](C)CCC[C@H](C)CCCC(C)C)O2. The zero-order valence-electron chi connectivity index (χ0n) is 26.5. The number of phenols is 1. The molecule has 0 fully saturated rings. The predicted octanol–water partition coefficient (Wildman–Crippen LogP) is 10.1. The molecule has 2 aromatic carbocycles. The van der Waals surface area contributed by atoms with Crippen molar-refractivity contribution < 1.29 is 19.4 Å². The summed E-state index contributed by atoms with van der Waals surface area (Å²) in [4.78, 5) is 12.8. The van der Waals surface area contributed by atoms with E-state index in [1.165, 1.54) is 57.4 Å². The topological polar surface area (TPSA) is 55.8 Å². The molecule has 1 N–H and O–H groups in total. The van der Waals surface area contributed by atoms with E-state index in [0.29, 0.717) is 5.75 Å². The summed E-state index contributed by atoms with van der Waals surface area (Å²) in [5.74, 6) is 3.37. The van der Waals surface area contributed by atoms with Crippen LogP contribution in [0.4, 0.5) is 0 Å². The Morgan fingerprint density at radius 2 is 1.50 bits per heavy atom. The first-order valence-corrected chi connectivity index (χ1v) is 15.7. The van der Waals surface area contributed by atoms with Gasteiger partial charge in [0, 0.05) is 5.56 Å². The molecule has 3 atom stereocenters. The number of benzene rings is 2. The van der Waals surface area contributed by atoms with E-state index in [1.54, 1.807) is 18.2 Å². The second-order valence-corrected chi connectivity index (χ2v) is 13.3. The highest BCUT2D eigenvalue weighted by Gasteiger charge is 2.35. The van der Waals surface area contributed by atoms with Crippen LogP contribution in [0.1, 0.15) is 131 Å². The Labute approximate surface area is 243 Å². The summed E-state index contributed by atoms with van der Waals surface area (Å²) in [6, 6.07) is 6.50. The van der Waals surface area contributed by atoms with Gasteiger partial charge in [0.15, 0.2) is 0 Å². The molecule has 1 heterocycles. The number of hydrogen-bond donors (Lipinski definition) is 1. The van der Waals surface area contributed by atoms with Gasteiger partial charge in [-0.2, -0.15) is 0 Å². The fourth-order valence-electron chi connectivity index (χ4n) is 6.21. The van der Waals surface area contributed by atoms with Crippen LogP contribution in [0.5, 0.6) is 17.2 Å². The minimum Gasteiger partial charge on any atom is -0.507 e. The number of fused-ring (bicyclic) bond motifs is 1. The Hall–Kier alpha value is -2.49. The standard InChI is InChI=1S/C36H54O4/c1-24(2)14-11-15-25(3)16-12-17-26(4)18-13-22-36(8)23-21-30-29(7)33(27(5)28(6)34(30)40-36)39-35(38)31-19-9-10-20-32(31)37/h9-10,19-20,24-26,37H,11-18,21-23H2,1-8H3/t25-,26-,36-/m1/s1. The van der Waals surface area contributed by atoms with Gasteiger partial charge in [-0.05, 0) is 100.0 Å². The molecule has 222 valence electrons. The molecule has 4 nitrogen and oxygen atoms in total. The van der Waals surface area contributed by atoms with Gasteiger partial charge in [-0.3, -0.25) is 0 Å². The summed E-state index contributed by atoms with van der Waals surface area (Å²) in [6.45, 7) is 17.8. The van der Waals surface area contributed by atoms with E-state index in [9.17, 15) is 9.90 Å². The Kier molecular flexibility index (Phi) is 11.5. The molecule has 4 heteroatoms. The van der Waals surface area contributed by atoms with Crippen LogP contribution < -0.4 is 9.47 Å². The Bertz CT molecular complexity index is 1130. The average Bonchev–Trinajstić information content (AvgIpc) is 2.89. The number of carbonyl (C=O) groups is 1. The molecule has 0 saturated heterocycles. The lowest BCUT2D eigenvalue weighted by molar-refractivity contribution is 0.0508. The molecule has 0 bridgehead atoms. The van der Waals surface area contributed by atoms with Gasteiger partial charge in [-0.15, -0.1) is 0 Å². The molecule has 3 rings (SSSR count). The summed E-state index contributed by atoms with van der Waals surface area (Å²) in [5.41, 5.74) is 4.03. The van der Waals surface area contributed by atoms with Crippen molar-refractivity contribution in [2.75, 3.05) is 0 Å². The summed E-state index contributed by atoms with van der Waals surface area (Å²) >= 11 is 0. The molecular formula is C36H54O4. The number of phenolic OH excluding ortho intramolecular Hbond substituents is 1. The van der Waals surface area contributed by atoms with Crippen LogP contribution in [-0.4, -0.2) is 16.7 Å². The van der Waals surface area contributed by atoms with E-state index in [2.05, 4.69) is 41.5 Å². The summed E-state index contributed by atoms with van der Waals surface area (Å²) in [6.07, 6.45) is 13.5. The van der Waals surface area contributed by atoms with Crippen molar-refractivity contribution in [3.05, 3.63) is 52.1 Å². The van der Waals surface area contributed by atoms with E-state index < -0.39 is 5.97 Å². The van der Waals surface area contributed by atoms with Crippen molar-refractivity contribution in [2.24, 2.45) is 17.8 Å². The fourth-order valence-corrected chi connectivity index (χ4v) is 6.21. The van der Waals surface area contributed by atoms with E-state index >= 15 is 0 Å². The summed E-state index contributed by atoms with van der Waals surface area (Å²) in [5, 5.41) is 10.1. The summed E-state index contributed by atoms with van der Waals surface area (Å²) in [7, 11) is 0. The van der Waals surface area contributed by atoms with Crippen molar-refractivity contribution in [1.29, 1.82) is 0 Å². The van der Waals surface area contributed by atoms with Crippen molar-refractivity contribution >= 4 is 5.97 Å². The number of rotatable bonds is 14. The minimum atomic E-state index is -0.542. The molecule has 0 radical (unpaired) electrons. The lowest BCUT2D eigenvalue weighted by Gasteiger charge is -2.38. The van der Waals surface area contributed by atoms with Crippen LogP contribution in [0, 0.1) is 38.5 Å². The van der Waals surface area contributed by atoms with Crippen LogP contribution in [0.2, 0.25) is 0 Å². The Balaban J connectivity index is 1.54. The van der Waals surface area contributed by atoms with Gasteiger partial charge in [0.05, 0.1) is 0 Å². The van der Waals surface area contributed by atoms with Crippen molar-refractivity contribution in [3.63, 3.8) is 0 Å². The number of carbonyl (C=O) groups excluding carboxylic acids is 1. The maximum absolute atomic E-state index is 12.8. The molecule has 0 unspecified atom stereocenters. The van der Waals surface area contributed by atoms with Gasteiger partial charge < -0.3 is 14.6 Å². The number of para-hydroxylation sites is 1. The molecular weight excluding hydrogens is 496 g/mol. The second-order valence-electron chi connectivity index (χ2n) is 13.3. The van der Waals surface area contributed by atoms with Gasteiger partial charge in [-0.25, -0.2) is 4.79 Å². The first kappa shape index (κ1) is 32.0. The monoisotopic (exact) mass is 550 g/mol. The van der Waals surface area contributed by atoms with Gasteiger partial charge in [-0.1, -0.05) is 84.8 Å². The highest BCUT2D eigenvalue weighted by molar-refractivity contribution is 5.94. The van der Waals surface area contributed by atoms with Gasteiger partial charge in [0.25, 0.3) is 0 Å². The fraction of sp³-hybridized carbons (Fsp3) is 0.639. The summed E-state index contributed by atoms with van der Waals surface area (Å²) < 4.78 is 12.6. The predicted molar refractivity (Wildman–Crippen MR) is 166 cm³/mol. The third kappa shape index (κ3) is 8.51. The number of aromatic hydroxyl groups is 1. The molecule has 0 saturated carbocycles. The van der Waals surface area contributed by atoms with Crippen LogP contribution >= 0.6 is 0 Å².